The lowest BCUT2D eigenvalue weighted by molar-refractivity contribution is -0.146. The number of imide groups is 1. The highest BCUT2D eigenvalue weighted by Crippen LogP contribution is 2.26. The van der Waals surface area contributed by atoms with E-state index in [0.29, 0.717) is 68.4 Å². The zero-order valence-electron chi connectivity index (χ0n) is 56.6. The highest BCUT2D eigenvalue weighted by Gasteiger charge is 2.41. The predicted octanol–water partition coefficient (Wildman–Crippen LogP) is 5.70. The van der Waals surface area contributed by atoms with E-state index in [1.54, 1.807) is 109 Å². The van der Waals surface area contributed by atoms with Crippen molar-refractivity contribution in [3.8, 4) is 0 Å². The number of primary amides is 1. The van der Waals surface area contributed by atoms with Gasteiger partial charge in [-0.3, -0.25) is 53.0 Å². The van der Waals surface area contributed by atoms with Gasteiger partial charge in [-0.25, -0.2) is 9.59 Å². The van der Waals surface area contributed by atoms with Crippen LogP contribution in [0, 0.1) is 29.6 Å². The monoisotopic (exact) mass is 1290 g/mol. The lowest BCUT2D eigenvalue weighted by Gasteiger charge is -2.40. The van der Waals surface area contributed by atoms with E-state index in [1.807, 2.05) is 39.0 Å². The molecule has 2 aromatic rings. The van der Waals surface area contributed by atoms with Crippen LogP contribution >= 0.6 is 0 Å². The number of aliphatic hydroxyl groups is 1. The molecule has 1 aliphatic heterocycles. The van der Waals surface area contributed by atoms with Gasteiger partial charge >= 0.3 is 12.1 Å². The number of carbonyl (C=O) groups excluding carboxylic acids is 11. The standard InChI is InChI=1S/C67H105N11O14/c1-15-36-77(38-34-45(10)61(84)70-46(11)60(83)48-24-19-17-20-25-48)55(82)39-51(91-14)59(44(9)16-2)75(12)65(88)57(42(5)6)74-64(87)58(43(7)8)76(13)67(90)92-40-47-28-30-49(31-29-47)71-62(85)50(26-23-35-69-66(68)89)72-63(86)56(41(3)4)73-52(79)27-21-18-22-37-78-53(80)32-33-54(78)81/h17,19-20,24-25,28-33,41-46,50-51,56-60,83H,15-16,18,21-23,26-27,34-40H2,1-14H3,(H,70,84)(H,71,85)(H,72,86)(H,73,79)(H,74,87)(H3,68,69,89)/t44-,45+,46+,50?,51+,56-,57-,58-,59-,60+/m0/s1. The first-order valence-corrected chi connectivity index (χ1v) is 32.3. The summed E-state index contributed by atoms with van der Waals surface area (Å²) >= 11 is 0. The average Bonchev–Trinajstić information content (AvgIpc) is 2.02. The molecule has 512 valence electrons. The van der Waals surface area contributed by atoms with Crippen LogP contribution in [0.2, 0.25) is 0 Å². The average molecular weight is 1290 g/mol. The van der Waals surface area contributed by atoms with Crippen LogP contribution in [0.15, 0.2) is 66.7 Å². The highest BCUT2D eigenvalue weighted by atomic mass is 16.6. The largest absolute Gasteiger partial charge is 0.445 e. The molecule has 12 amide bonds. The Bertz CT molecular complexity index is 2760. The number of anilines is 1. The number of benzene rings is 2. The molecule has 1 unspecified atom stereocenters. The number of urea groups is 1. The fraction of sp³-hybridized carbons (Fsp3) is 0.627. The zero-order chi connectivity index (χ0) is 68.9. The summed E-state index contributed by atoms with van der Waals surface area (Å²) in [5.41, 5.74) is 6.79. The molecule has 9 N–H and O–H groups in total. The molecular weight excluding hydrogens is 1180 g/mol. The molecule has 0 spiro atoms. The molecule has 92 heavy (non-hydrogen) atoms. The van der Waals surface area contributed by atoms with E-state index in [2.05, 4.69) is 31.9 Å². The third-order valence-electron chi connectivity index (χ3n) is 16.7. The number of aliphatic hydroxyl groups excluding tert-OH is 1. The minimum Gasteiger partial charge on any atom is -0.445 e. The van der Waals surface area contributed by atoms with Crippen molar-refractivity contribution in [2.24, 2.45) is 35.3 Å². The van der Waals surface area contributed by atoms with E-state index in [0.717, 1.165) is 4.90 Å². The Labute approximate surface area is 543 Å². The maximum absolute atomic E-state index is 14.7. The molecule has 10 atom stereocenters. The van der Waals surface area contributed by atoms with Crippen LogP contribution < -0.4 is 37.6 Å². The van der Waals surface area contributed by atoms with Gasteiger partial charge in [-0.1, -0.05) is 125 Å². The summed E-state index contributed by atoms with van der Waals surface area (Å²) in [7, 11) is 4.57. The fourth-order valence-electron chi connectivity index (χ4n) is 10.9. The van der Waals surface area contributed by atoms with Gasteiger partial charge in [0.05, 0.1) is 30.7 Å². The lowest BCUT2D eigenvalue weighted by Crippen LogP contribution is -2.60. The topological polar surface area (TPSA) is 338 Å². The number of amides is 12. The second-order valence-electron chi connectivity index (χ2n) is 25.1. The third-order valence-corrected chi connectivity index (χ3v) is 16.7. The van der Waals surface area contributed by atoms with Gasteiger partial charge in [0.15, 0.2) is 0 Å². The molecule has 1 aliphatic rings. The van der Waals surface area contributed by atoms with Crippen LogP contribution in [0.1, 0.15) is 158 Å². The molecular formula is C67H105N11O14. The Morgan fingerprint density at radius 1 is 0.674 bits per heavy atom. The molecule has 25 heteroatoms. The third kappa shape index (κ3) is 24.9. The summed E-state index contributed by atoms with van der Waals surface area (Å²) in [5, 5.41) is 27.5. The van der Waals surface area contributed by atoms with Gasteiger partial charge in [-0.05, 0) is 92.4 Å². The molecule has 25 nitrogen and oxygen atoms in total. The normalized spacial score (nSPS) is 15.4. The summed E-state index contributed by atoms with van der Waals surface area (Å²) in [6, 6.07) is 9.34. The first kappa shape index (κ1) is 78.3. The number of unbranched alkanes of at least 4 members (excludes halogenated alkanes) is 2. The van der Waals surface area contributed by atoms with E-state index in [4.69, 9.17) is 15.2 Å². The van der Waals surface area contributed by atoms with Gasteiger partial charge in [-0.15, -0.1) is 0 Å². The van der Waals surface area contributed by atoms with Crippen molar-refractivity contribution in [2.45, 2.75) is 195 Å². The molecule has 0 bridgehead atoms. The number of methoxy groups -OCH3 is 1. The van der Waals surface area contributed by atoms with E-state index in [9.17, 15) is 57.8 Å². The van der Waals surface area contributed by atoms with Crippen molar-refractivity contribution < 1.29 is 67.3 Å². The molecule has 0 saturated carbocycles. The first-order valence-electron chi connectivity index (χ1n) is 32.3. The summed E-state index contributed by atoms with van der Waals surface area (Å²) in [6.07, 6.45) is 3.52. The Kier molecular flexibility index (Phi) is 33.6. The van der Waals surface area contributed by atoms with Crippen molar-refractivity contribution >= 4 is 71.0 Å². The van der Waals surface area contributed by atoms with E-state index in [1.165, 1.54) is 31.2 Å². The molecule has 0 saturated heterocycles. The number of nitrogens with one attached hydrogen (secondary N) is 6. The Hall–Kier alpha value is -7.93. The number of hydrogen-bond donors (Lipinski definition) is 8. The van der Waals surface area contributed by atoms with Crippen molar-refractivity contribution in [3.63, 3.8) is 0 Å². The summed E-state index contributed by atoms with van der Waals surface area (Å²) in [4.78, 5) is 151. The van der Waals surface area contributed by atoms with Crippen molar-refractivity contribution in [3.05, 3.63) is 77.9 Å². The number of rotatable bonds is 40. The molecule has 0 aromatic heterocycles. The summed E-state index contributed by atoms with van der Waals surface area (Å²) in [5.74, 6) is -5.61. The number of nitrogens with zero attached hydrogens (tertiary/aromatic N) is 4. The second-order valence-corrected chi connectivity index (χ2v) is 25.1. The molecule has 2 aromatic carbocycles. The van der Waals surface area contributed by atoms with Crippen LogP contribution in [0.25, 0.3) is 0 Å². The minimum absolute atomic E-state index is 0.0576. The van der Waals surface area contributed by atoms with E-state index in [-0.39, 0.29) is 86.8 Å². The van der Waals surface area contributed by atoms with E-state index < -0.39 is 102 Å². The zero-order valence-corrected chi connectivity index (χ0v) is 56.6. The number of carbonyl (C=O) groups is 11. The van der Waals surface area contributed by atoms with Crippen LogP contribution in [-0.4, -0.2) is 180 Å². The van der Waals surface area contributed by atoms with E-state index >= 15 is 0 Å². The van der Waals surface area contributed by atoms with Crippen molar-refractivity contribution in [1.29, 1.82) is 0 Å². The summed E-state index contributed by atoms with van der Waals surface area (Å²) < 4.78 is 11.7. The molecule has 3 rings (SSSR count). The minimum atomic E-state index is -1.11. The number of likely N-dealkylation sites (N-methyl/N-ethyl adjacent to an activating group) is 2. The highest BCUT2D eigenvalue weighted by molar-refractivity contribution is 6.12. The van der Waals surface area contributed by atoms with Crippen LogP contribution in [-0.2, 0) is 59.2 Å². The van der Waals surface area contributed by atoms with Gasteiger partial charge in [0.2, 0.25) is 41.4 Å². The summed E-state index contributed by atoms with van der Waals surface area (Å²) in [6.45, 7) is 20.9. The molecule has 0 aliphatic carbocycles. The molecule has 0 fully saturated rings. The Morgan fingerprint density at radius 2 is 1.30 bits per heavy atom. The second kappa shape index (κ2) is 39.5. The van der Waals surface area contributed by atoms with Gasteiger partial charge in [0, 0.05) is 77.6 Å². The smallest absolute Gasteiger partial charge is 0.410 e. The van der Waals surface area contributed by atoms with Gasteiger partial charge in [-0.2, -0.15) is 0 Å². The lowest BCUT2D eigenvalue weighted by atomic mass is 9.89. The van der Waals surface area contributed by atoms with Crippen molar-refractivity contribution in [2.75, 3.05) is 52.7 Å². The maximum atomic E-state index is 14.7. The SMILES string of the molecule is CCCN(CC[C@@H](C)C(=O)N[C@H](C)[C@@H](O)c1ccccc1)C(=O)C[C@@H](OC)[C@H]([C@@H](C)CC)N(C)C(=O)[C@@H](NC(=O)[C@H](C(C)C)N(C)C(=O)OCc1ccc(NC(=O)C(CCCNC(N)=O)NC(=O)[C@@H](NC(=O)CCCCCN2C(=O)C=CC2=O)C(C)C)cc1)C(C)C. The van der Waals surface area contributed by atoms with Crippen LogP contribution in [0.5, 0.6) is 0 Å². The van der Waals surface area contributed by atoms with Gasteiger partial charge < -0.3 is 62.0 Å². The number of nitrogens with two attached hydrogens (primary N) is 1. The van der Waals surface area contributed by atoms with Gasteiger partial charge in [0.25, 0.3) is 11.8 Å². The molecule has 1 heterocycles. The van der Waals surface area contributed by atoms with Gasteiger partial charge in [0.1, 0.15) is 30.8 Å². The van der Waals surface area contributed by atoms with Crippen molar-refractivity contribution in [1.82, 2.24) is 46.2 Å². The fourth-order valence-corrected chi connectivity index (χ4v) is 10.9. The van der Waals surface area contributed by atoms with Crippen LogP contribution in [0.4, 0.5) is 15.3 Å². The molecule has 0 radical (unpaired) electrons. The number of ether oxygens (including phenoxy) is 2. The maximum Gasteiger partial charge on any atom is 0.410 e. The van der Waals surface area contributed by atoms with Crippen LogP contribution in [0.3, 0.4) is 0 Å². The predicted molar refractivity (Wildman–Crippen MR) is 349 cm³/mol. The quantitative estimate of drug-likeness (QED) is 0.0293. The first-order chi connectivity index (χ1) is 43.5. The Morgan fingerprint density at radius 3 is 1.87 bits per heavy atom. The Balaban J connectivity index is 1.65. The number of hydrogen-bond acceptors (Lipinski definition) is 14.